The summed E-state index contributed by atoms with van der Waals surface area (Å²) in [5, 5.41) is 5.51. The van der Waals surface area contributed by atoms with Gasteiger partial charge in [0.1, 0.15) is 17.7 Å². The fourth-order valence-electron chi connectivity index (χ4n) is 2.18. The molecule has 0 saturated carbocycles. The van der Waals surface area contributed by atoms with Crippen molar-refractivity contribution in [1.82, 2.24) is 0 Å². The molecule has 3 nitrogen and oxygen atoms in total. The lowest BCUT2D eigenvalue weighted by Crippen LogP contribution is -2.20. The van der Waals surface area contributed by atoms with Crippen molar-refractivity contribution in [2.75, 3.05) is 10.6 Å². The van der Waals surface area contributed by atoms with Crippen molar-refractivity contribution in [3.8, 4) is 0 Å². The highest BCUT2D eigenvalue weighted by Gasteiger charge is 2.31. The average Bonchev–Trinajstić information content (AvgIpc) is 2.69. The van der Waals surface area contributed by atoms with Crippen molar-refractivity contribution >= 4 is 33.2 Å². The molecule has 1 unspecified atom stereocenters. The SMILES string of the molecule is O=C1Nc2ccccc2C1Nc1c(F)cc(F)cc1Br. The number of rotatable bonds is 2. The molecule has 1 aliphatic heterocycles. The molecule has 0 fully saturated rings. The first kappa shape index (κ1) is 13.1. The van der Waals surface area contributed by atoms with E-state index < -0.39 is 17.7 Å². The van der Waals surface area contributed by atoms with Gasteiger partial charge in [0.25, 0.3) is 5.91 Å². The summed E-state index contributed by atoms with van der Waals surface area (Å²) >= 11 is 3.09. The van der Waals surface area contributed by atoms with Gasteiger partial charge in [-0.15, -0.1) is 0 Å². The molecular weight excluding hydrogens is 330 g/mol. The zero-order valence-electron chi connectivity index (χ0n) is 10.1. The predicted molar refractivity (Wildman–Crippen MR) is 75.5 cm³/mol. The monoisotopic (exact) mass is 338 g/mol. The largest absolute Gasteiger partial charge is 0.367 e. The molecule has 0 aromatic heterocycles. The molecule has 3 rings (SSSR count). The van der Waals surface area contributed by atoms with Gasteiger partial charge in [-0.2, -0.15) is 0 Å². The summed E-state index contributed by atoms with van der Waals surface area (Å²) in [4.78, 5) is 11.9. The lowest BCUT2D eigenvalue weighted by Gasteiger charge is -2.15. The topological polar surface area (TPSA) is 41.1 Å². The van der Waals surface area contributed by atoms with Gasteiger partial charge >= 0.3 is 0 Å². The van der Waals surface area contributed by atoms with Crippen LogP contribution in [0.3, 0.4) is 0 Å². The van der Waals surface area contributed by atoms with E-state index in [-0.39, 0.29) is 16.1 Å². The van der Waals surface area contributed by atoms with Gasteiger partial charge in [-0.3, -0.25) is 4.79 Å². The minimum atomic E-state index is -0.756. The zero-order valence-corrected chi connectivity index (χ0v) is 11.7. The Balaban J connectivity index is 1.98. The Kier molecular flexibility index (Phi) is 3.17. The van der Waals surface area contributed by atoms with E-state index in [2.05, 4.69) is 26.6 Å². The van der Waals surface area contributed by atoms with Gasteiger partial charge in [-0.1, -0.05) is 18.2 Å². The summed E-state index contributed by atoms with van der Waals surface area (Å²) in [5.74, 6) is -1.72. The van der Waals surface area contributed by atoms with Gasteiger partial charge in [-0.25, -0.2) is 8.78 Å². The fraction of sp³-hybridized carbons (Fsp3) is 0.0714. The van der Waals surface area contributed by atoms with E-state index in [0.29, 0.717) is 5.69 Å². The summed E-state index contributed by atoms with van der Waals surface area (Å²) in [6.07, 6.45) is 0. The van der Waals surface area contributed by atoms with Crippen molar-refractivity contribution < 1.29 is 13.6 Å². The third-order valence-corrected chi connectivity index (χ3v) is 3.71. The summed E-state index contributed by atoms with van der Waals surface area (Å²) < 4.78 is 27.1. The van der Waals surface area contributed by atoms with Crippen LogP contribution in [0.1, 0.15) is 11.6 Å². The molecule has 2 aromatic carbocycles. The van der Waals surface area contributed by atoms with Gasteiger partial charge in [0.2, 0.25) is 0 Å². The van der Waals surface area contributed by atoms with E-state index in [4.69, 9.17) is 0 Å². The van der Waals surface area contributed by atoms with Crippen molar-refractivity contribution in [2.24, 2.45) is 0 Å². The van der Waals surface area contributed by atoms with Gasteiger partial charge in [0, 0.05) is 21.8 Å². The van der Waals surface area contributed by atoms with Crippen molar-refractivity contribution in [3.63, 3.8) is 0 Å². The number of amides is 1. The number of hydrogen-bond acceptors (Lipinski definition) is 2. The highest BCUT2D eigenvalue weighted by molar-refractivity contribution is 9.10. The number of hydrogen-bond donors (Lipinski definition) is 2. The molecule has 0 spiro atoms. The Morgan fingerprint density at radius 3 is 2.70 bits per heavy atom. The summed E-state index contributed by atoms with van der Waals surface area (Å²) in [6.45, 7) is 0. The second kappa shape index (κ2) is 4.86. The summed E-state index contributed by atoms with van der Waals surface area (Å²) in [5.41, 5.74) is 1.48. The van der Waals surface area contributed by atoms with Gasteiger partial charge in [0.15, 0.2) is 0 Å². The molecule has 0 bridgehead atoms. The van der Waals surface area contributed by atoms with Crippen molar-refractivity contribution in [2.45, 2.75) is 6.04 Å². The van der Waals surface area contributed by atoms with E-state index in [1.807, 2.05) is 0 Å². The lowest BCUT2D eigenvalue weighted by atomic mass is 10.1. The number of halogens is 3. The molecule has 6 heteroatoms. The maximum Gasteiger partial charge on any atom is 0.251 e. The van der Waals surface area contributed by atoms with E-state index in [9.17, 15) is 13.6 Å². The number of fused-ring (bicyclic) bond motifs is 1. The molecule has 2 aromatic rings. The molecular formula is C14H9BrF2N2O. The standard InChI is InChI=1S/C14H9BrF2N2O/c15-9-5-7(16)6-10(17)13(9)19-12-8-3-1-2-4-11(8)18-14(12)20/h1-6,12,19H,(H,18,20). The van der Waals surface area contributed by atoms with Crippen LogP contribution < -0.4 is 10.6 Å². The second-order valence-electron chi connectivity index (χ2n) is 4.40. The minimum Gasteiger partial charge on any atom is -0.367 e. The third kappa shape index (κ3) is 2.16. The van der Waals surface area contributed by atoms with Crippen LogP contribution in [-0.4, -0.2) is 5.91 Å². The number of nitrogens with one attached hydrogen (secondary N) is 2. The first-order chi connectivity index (χ1) is 9.56. The Labute approximate surface area is 122 Å². The van der Waals surface area contributed by atoms with Crippen LogP contribution in [0, 0.1) is 11.6 Å². The highest BCUT2D eigenvalue weighted by Crippen LogP contribution is 2.36. The second-order valence-corrected chi connectivity index (χ2v) is 5.25. The van der Waals surface area contributed by atoms with Crippen LogP contribution in [0.15, 0.2) is 40.9 Å². The molecule has 1 atom stereocenters. The third-order valence-electron chi connectivity index (χ3n) is 3.09. The Bertz CT molecular complexity index is 682. The molecule has 1 amide bonds. The first-order valence-electron chi connectivity index (χ1n) is 5.87. The average molecular weight is 339 g/mol. The lowest BCUT2D eigenvalue weighted by molar-refractivity contribution is -0.116. The van der Waals surface area contributed by atoms with Crippen LogP contribution >= 0.6 is 15.9 Å². The molecule has 1 heterocycles. The molecule has 2 N–H and O–H groups in total. The van der Waals surface area contributed by atoms with Crippen LogP contribution in [0.2, 0.25) is 0 Å². The van der Waals surface area contributed by atoms with E-state index >= 15 is 0 Å². The van der Waals surface area contributed by atoms with Crippen LogP contribution in [-0.2, 0) is 4.79 Å². The van der Waals surface area contributed by atoms with Gasteiger partial charge in [-0.05, 0) is 28.1 Å². The summed E-state index contributed by atoms with van der Waals surface area (Å²) in [6, 6.07) is 8.35. The number of anilines is 2. The number of carbonyl (C=O) groups excluding carboxylic acids is 1. The van der Waals surface area contributed by atoms with E-state index in [0.717, 1.165) is 17.7 Å². The normalized spacial score (nSPS) is 16.8. The zero-order chi connectivity index (χ0) is 14.3. The number of benzene rings is 2. The minimum absolute atomic E-state index is 0.0586. The van der Waals surface area contributed by atoms with E-state index in [1.165, 1.54) is 0 Å². The fourth-order valence-corrected chi connectivity index (χ4v) is 2.70. The number of carbonyl (C=O) groups is 1. The quantitative estimate of drug-likeness (QED) is 0.873. The Hall–Kier alpha value is -1.95. The molecule has 0 aliphatic carbocycles. The summed E-state index contributed by atoms with van der Waals surface area (Å²) in [7, 11) is 0. The number of para-hydroxylation sites is 1. The Morgan fingerprint density at radius 2 is 1.95 bits per heavy atom. The van der Waals surface area contributed by atoms with Gasteiger partial charge < -0.3 is 10.6 Å². The first-order valence-corrected chi connectivity index (χ1v) is 6.66. The van der Waals surface area contributed by atoms with Gasteiger partial charge in [0.05, 0.1) is 5.69 Å². The smallest absolute Gasteiger partial charge is 0.251 e. The van der Waals surface area contributed by atoms with Crippen LogP contribution in [0.25, 0.3) is 0 Å². The highest BCUT2D eigenvalue weighted by atomic mass is 79.9. The van der Waals surface area contributed by atoms with Crippen LogP contribution in [0.4, 0.5) is 20.2 Å². The van der Waals surface area contributed by atoms with E-state index in [1.54, 1.807) is 24.3 Å². The van der Waals surface area contributed by atoms with Crippen LogP contribution in [0.5, 0.6) is 0 Å². The van der Waals surface area contributed by atoms with Crippen molar-refractivity contribution in [1.29, 1.82) is 0 Å². The molecule has 0 saturated heterocycles. The molecule has 20 heavy (non-hydrogen) atoms. The maximum atomic E-state index is 13.8. The predicted octanol–water partition coefficient (Wildman–Crippen LogP) is 3.83. The maximum absolute atomic E-state index is 13.8. The van der Waals surface area contributed by atoms with Crippen molar-refractivity contribution in [3.05, 3.63) is 58.1 Å². The molecule has 102 valence electrons. The molecule has 1 aliphatic rings. The molecule has 0 radical (unpaired) electrons. The Morgan fingerprint density at radius 1 is 1.20 bits per heavy atom.